The molecule has 1 atom stereocenters. The van der Waals surface area contributed by atoms with E-state index in [4.69, 9.17) is 4.74 Å². The van der Waals surface area contributed by atoms with Crippen molar-refractivity contribution in [3.63, 3.8) is 0 Å². The summed E-state index contributed by atoms with van der Waals surface area (Å²) < 4.78 is 5.29. The fourth-order valence-corrected chi connectivity index (χ4v) is 1.57. The second-order valence-corrected chi connectivity index (χ2v) is 3.04. The molecular formula is C7H13NO. The van der Waals surface area contributed by atoms with E-state index in [-0.39, 0.29) is 0 Å². The van der Waals surface area contributed by atoms with Crippen LogP contribution in [0.25, 0.3) is 0 Å². The van der Waals surface area contributed by atoms with Crippen LogP contribution in [0.15, 0.2) is 0 Å². The Balaban J connectivity index is 1.82. The first-order valence-corrected chi connectivity index (χ1v) is 3.75. The third-order valence-electron chi connectivity index (χ3n) is 2.44. The minimum absolute atomic E-state index is 0.881. The SMILES string of the molecule is C1CC(C2CNC2)CO1. The molecule has 0 aromatic rings. The standard InChI is InChI=1S/C7H13NO/c1-2-9-5-6(1)7-3-8-4-7/h6-8H,1-5H2. The van der Waals surface area contributed by atoms with Crippen LogP contribution in [-0.2, 0) is 4.74 Å². The molecule has 1 unspecified atom stereocenters. The molecule has 0 saturated carbocycles. The van der Waals surface area contributed by atoms with E-state index >= 15 is 0 Å². The van der Waals surface area contributed by atoms with Crippen LogP contribution in [0.3, 0.4) is 0 Å². The first-order chi connectivity index (χ1) is 4.47. The zero-order valence-electron chi connectivity index (χ0n) is 5.60. The lowest BCUT2D eigenvalue weighted by Crippen LogP contribution is -2.46. The number of nitrogens with one attached hydrogen (secondary N) is 1. The molecule has 2 saturated heterocycles. The molecule has 9 heavy (non-hydrogen) atoms. The van der Waals surface area contributed by atoms with Gasteiger partial charge < -0.3 is 10.1 Å². The van der Waals surface area contributed by atoms with E-state index in [1.165, 1.54) is 19.5 Å². The number of hydrogen-bond donors (Lipinski definition) is 1. The monoisotopic (exact) mass is 127 g/mol. The normalized spacial score (nSPS) is 36.7. The van der Waals surface area contributed by atoms with Crippen LogP contribution in [0.1, 0.15) is 6.42 Å². The van der Waals surface area contributed by atoms with Crippen molar-refractivity contribution in [3.8, 4) is 0 Å². The third-order valence-corrected chi connectivity index (χ3v) is 2.44. The fourth-order valence-electron chi connectivity index (χ4n) is 1.57. The molecule has 1 N–H and O–H groups in total. The van der Waals surface area contributed by atoms with Crippen LogP contribution >= 0.6 is 0 Å². The molecule has 2 aliphatic heterocycles. The fraction of sp³-hybridized carbons (Fsp3) is 1.00. The van der Waals surface area contributed by atoms with Crippen LogP contribution in [0.5, 0.6) is 0 Å². The van der Waals surface area contributed by atoms with E-state index in [1.54, 1.807) is 0 Å². The van der Waals surface area contributed by atoms with Gasteiger partial charge in [0.15, 0.2) is 0 Å². The van der Waals surface area contributed by atoms with E-state index < -0.39 is 0 Å². The molecule has 2 heteroatoms. The Morgan fingerprint density at radius 3 is 2.56 bits per heavy atom. The molecule has 2 fully saturated rings. The van der Waals surface area contributed by atoms with Gasteiger partial charge in [0.25, 0.3) is 0 Å². The van der Waals surface area contributed by atoms with Crippen molar-refractivity contribution in [3.05, 3.63) is 0 Å². The summed E-state index contributed by atoms with van der Waals surface area (Å²) in [5, 5.41) is 3.28. The Morgan fingerprint density at radius 2 is 2.11 bits per heavy atom. The van der Waals surface area contributed by atoms with Crippen LogP contribution in [0, 0.1) is 11.8 Å². The summed E-state index contributed by atoms with van der Waals surface area (Å²) in [6.07, 6.45) is 1.30. The molecule has 0 spiro atoms. The summed E-state index contributed by atoms with van der Waals surface area (Å²) in [4.78, 5) is 0. The molecule has 0 aromatic carbocycles. The second-order valence-electron chi connectivity index (χ2n) is 3.04. The van der Waals surface area contributed by atoms with E-state index in [1.807, 2.05) is 0 Å². The van der Waals surface area contributed by atoms with Gasteiger partial charge in [-0.05, 0) is 31.3 Å². The maximum atomic E-state index is 5.29. The highest BCUT2D eigenvalue weighted by Gasteiger charge is 2.29. The molecule has 2 nitrogen and oxygen atoms in total. The van der Waals surface area contributed by atoms with Gasteiger partial charge >= 0.3 is 0 Å². The zero-order valence-corrected chi connectivity index (χ0v) is 5.60. The Kier molecular flexibility index (Phi) is 1.44. The maximum absolute atomic E-state index is 5.29. The number of ether oxygens (including phenoxy) is 1. The molecule has 2 heterocycles. The third kappa shape index (κ3) is 0.970. The Bertz CT molecular complexity index is 95.1. The molecule has 0 aliphatic carbocycles. The summed E-state index contributed by atoms with van der Waals surface area (Å²) in [5.41, 5.74) is 0. The van der Waals surface area contributed by atoms with Crippen LogP contribution in [0.2, 0.25) is 0 Å². The topological polar surface area (TPSA) is 21.3 Å². The maximum Gasteiger partial charge on any atom is 0.0498 e. The second kappa shape index (κ2) is 2.27. The molecule has 0 radical (unpaired) electrons. The summed E-state index contributed by atoms with van der Waals surface area (Å²) in [6.45, 7) is 4.48. The van der Waals surface area contributed by atoms with Crippen molar-refractivity contribution < 1.29 is 4.74 Å². The van der Waals surface area contributed by atoms with Gasteiger partial charge in [-0.1, -0.05) is 0 Å². The van der Waals surface area contributed by atoms with Gasteiger partial charge in [-0.2, -0.15) is 0 Å². The lowest BCUT2D eigenvalue weighted by atomic mass is 9.87. The van der Waals surface area contributed by atoms with Crippen LogP contribution in [0.4, 0.5) is 0 Å². The van der Waals surface area contributed by atoms with E-state index in [9.17, 15) is 0 Å². The van der Waals surface area contributed by atoms with Gasteiger partial charge in [0.1, 0.15) is 0 Å². The highest BCUT2D eigenvalue weighted by atomic mass is 16.5. The van der Waals surface area contributed by atoms with Gasteiger partial charge in [-0.15, -0.1) is 0 Å². The van der Waals surface area contributed by atoms with Crippen molar-refractivity contribution in [2.24, 2.45) is 11.8 Å². The zero-order chi connectivity index (χ0) is 6.10. The van der Waals surface area contributed by atoms with Gasteiger partial charge in [0.05, 0.1) is 0 Å². The molecule has 0 bridgehead atoms. The highest BCUT2D eigenvalue weighted by Crippen LogP contribution is 2.24. The lowest BCUT2D eigenvalue weighted by molar-refractivity contribution is 0.155. The van der Waals surface area contributed by atoms with Gasteiger partial charge in [-0.3, -0.25) is 0 Å². The first-order valence-electron chi connectivity index (χ1n) is 3.75. The van der Waals surface area contributed by atoms with Crippen LogP contribution in [-0.4, -0.2) is 26.3 Å². The first kappa shape index (κ1) is 5.69. The summed E-state index contributed by atoms with van der Waals surface area (Å²) in [5.74, 6) is 1.82. The summed E-state index contributed by atoms with van der Waals surface area (Å²) in [6, 6.07) is 0. The Labute approximate surface area is 55.6 Å². The Hall–Kier alpha value is -0.0800. The predicted molar refractivity (Wildman–Crippen MR) is 35.3 cm³/mol. The van der Waals surface area contributed by atoms with E-state index in [2.05, 4.69) is 5.32 Å². The molecule has 0 aromatic heterocycles. The summed E-state index contributed by atoms with van der Waals surface area (Å²) in [7, 11) is 0. The lowest BCUT2D eigenvalue weighted by Gasteiger charge is -2.31. The average Bonchev–Trinajstić information content (AvgIpc) is 2.11. The molecule has 2 aliphatic rings. The van der Waals surface area contributed by atoms with Crippen molar-refractivity contribution in [2.45, 2.75) is 6.42 Å². The van der Waals surface area contributed by atoms with Crippen molar-refractivity contribution in [1.29, 1.82) is 0 Å². The highest BCUT2D eigenvalue weighted by molar-refractivity contribution is 4.83. The molecule has 2 rings (SSSR count). The van der Waals surface area contributed by atoms with E-state index in [0.29, 0.717) is 0 Å². The molecular weight excluding hydrogens is 114 g/mol. The van der Waals surface area contributed by atoms with Crippen molar-refractivity contribution in [1.82, 2.24) is 5.32 Å². The predicted octanol–water partition coefficient (Wildman–Crippen LogP) is 0.242. The largest absolute Gasteiger partial charge is 0.381 e. The quantitative estimate of drug-likeness (QED) is 0.545. The molecule has 52 valence electrons. The average molecular weight is 127 g/mol. The Morgan fingerprint density at radius 1 is 1.22 bits per heavy atom. The van der Waals surface area contributed by atoms with Gasteiger partial charge in [0.2, 0.25) is 0 Å². The van der Waals surface area contributed by atoms with Crippen molar-refractivity contribution in [2.75, 3.05) is 26.3 Å². The van der Waals surface area contributed by atoms with Gasteiger partial charge in [0, 0.05) is 13.2 Å². The number of rotatable bonds is 1. The summed E-state index contributed by atoms with van der Waals surface area (Å²) >= 11 is 0. The minimum atomic E-state index is 0.881. The minimum Gasteiger partial charge on any atom is -0.381 e. The van der Waals surface area contributed by atoms with Crippen LogP contribution < -0.4 is 5.32 Å². The van der Waals surface area contributed by atoms with E-state index in [0.717, 1.165) is 25.0 Å². The van der Waals surface area contributed by atoms with Crippen molar-refractivity contribution >= 4 is 0 Å². The molecule has 0 amide bonds. The number of hydrogen-bond acceptors (Lipinski definition) is 2. The smallest absolute Gasteiger partial charge is 0.0498 e. The van der Waals surface area contributed by atoms with Gasteiger partial charge in [-0.25, -0.2) is 0 Å².